The van der Waals surface area contributed by atoms with Crippen molar-refractivity contribution in [3.05, 3.63) is 65.0 Å². The van der Waals surface area contributed by atoms with Crippen LogP contribution >= 0.6 is 0 Å². The summed E-state index contributed by atoms with van der Waals surface area (Å²) < 4.78 is 0. The average Bonchev–Trinajstić information content (AvgIpc) is 2.38. The summed E-state index contributed by atoms with van der Waals surface area (Å²) in [5.41, 5.74) is 3.61. The van der Waals surface area contributed by atoms with Gasteiger partial charge >= 0.3 is 0 Å². The van der Waals surface area contributed by atoms with Crippen LogP contribution in [0.15, 0.2) is 42.7 Å². The molecule has 0 unspecified atom stereocenters. The van der Waals surface area contributed by atoms with E-state index in [4.69, 9.17) is 0 Å². The molecule has 0 atom stereocenters. The number of carbonyl (C=O) groups excluding carboxylic acids is 1. The first-order chi connectivity index (χ1) is 9.08. The number of benzene rings is 1. The van der Waals surface area contributed by atoms with Crippen molar-refractivity contribution in [1.82, 2.24) is 4.98 Å². The molecule has 2 nitrogen and oxygen atoms in total. The summed E-state index contributed by atoms with van der Waals surface area (Å²) in [4.78, 5) is 16.5. The number of aromatic nitrogens is 1. The molecular weight excluding hydrogens is 234 g/mol. The minimum Gasteiger partial charge on any atom is -0.289 e. The van der Waals surface area contributed by atoms with Crippen molar-refractivity contribution in [1.29, 1.82) is 0 Å². The van der Waals surface area contributed by atoms with Gasteiger partial charge in [-0.25, -0.2) is 0 Å². The fraction of sp³-hybridized carbons (Fsp3) is 0.294. The van der Waals surface area contributed by atoms with Gasteiger partial charge in [0.05, 0.1) is 0 Å². The number of ketones is 1. The smallest absolute Gasteiger partial charge is 0.194 e. The van der Waals surface area contributed by atoms with Gasteiger partial charge in [-0.3, -0.25) is 9.78 Å². The predicted octanol–water partition coefficient (Wildman–Crippen LogP) is 3.82. The zero-order valence-electron chi connectivity index (χ0n) is 11.7. The molecule has 0 fully saturated rings. The molecule has 0 aliphatic heterocycles. The zero-order chi connectivity index (χ0) is 13.8. The molecule has 2 rings (SSSR count). The SMILES string of the molecule is Cc1ccncc1C(=O)c1cccc(CC(C)C)c1. The van der Waals surface area contributed by atoms with Crippen LogP contribution in [0.2, 0.25) is 0 Å². The van der Waals surface area contributed by atoms with Crippen molar-refractivity contribution < 1.29 is 4.79 Å². The first-order valence-corrected chi connectivity index (χ1v) is 6.62. The van der Waals surface area contributed by atoms with E-state index in [-0.39, 0.29) is 5.78 Å². The maximum atomic E-state index is 12.5. The molecule has 0 saturated carbocycles. The molecule has 2 aromatic rings. The van der Waals surface area contributed by atoms with E-state index in [0.29, 0.717) is 11.5 Å². The van der Waals surface area contributed by atoms with Gasteiger partial charge in [-0.1, -0.05) is 32.0 Å². The van der Waals surface area contributed by atoms with E-state index >= 15 is 0 Å². The van der Waals surface area contributed by atoms with E-state index in [9.17, 15) is 4.79 Å². The Morgan fingerprint density at radius 3 is 2.74 bits per heavy atom. The summed E-state index contributed by atoms with van der Waals surface area (Å²) in [5, 5.41) is 0. The predicted molar refractivity (Wildman–Crippen MR) is 77.4 cm³/mol. The van der Waals surface area contributed by atoms with Crippen molar-refractivity contribution >= 4 is 5.78 Å². The van der Waals surface area contributed by atoms with E-state index in [0.717, 1.165) is 17.5 Å². The van der Waals surface area contributed by atoms with Crippen LogP contribution in [-0.2, 0) is 6.42 Å². The summed E-state index contributed by atoms with van der Waals surface area (Å²) in [7, 11) is 0. The Bertz CT molecular complexity index is 587. The third-order valence-electron chi connectivity index (χ3n) is 3.12. The molecule has 0 saturated heterocycles. The number of hydrogen-bond acceptors (Lipinski definition) is 2. The number of rotatable bonds is 4. The Kier molecular flexibility index (Phi) is 4.10. The average molecular weight is 253 g/mol. The monoisotopic (exact) mass is 253 g/mol. The highest BCUT2D eigenvalue weighted by Crippen LogP contribution is 2.16. The van der Waals surface area contributed by atoms with Crippen LogP contribution < -0.4 is 0 Å². The van der Waals surface area contributed by atoms with Gasteiger partial charge in [0.1, 0.15) is 0 Å². The van der Waals surface area contributed by atoms with Crippen molar-refractivity contribution in [2.75, 3.05) is 0 Å². The van der Waals surface area contributed by atoms with Crippen molar-refractivity contribution in [3.63, 3.8) is 0 Å². The molecule has 0 bridgehead atoms. The molecule has 0 radical (unpaired) electrons. The number of pyridine rings is 1. The Balaban J connectivity index is 2.32. The minimum atomic E-state index is 0.0520. The highest BCUT2D eigenvalue weighted by atomic mass is 16.1. The molecule has 1 aromatic carbocycles. The maximum absolute atomic E-state index is 12.5. The second kappa shape index (κ2) is 5.79. The Morgan fingerprint density at radius 1 is 1.26 bits per heavy atom. The van der Waals surface area contributed by atoms with Crippen molar-refractivity contribution in [3.8, 4) is 0 Å². The van der Waals surface area contributed by atoms with E-state index in [2.05, 4.69) is 24.9 Å². The molecule has 0 aliphatic rings. The third kappa shape index (κ3) is 3.28. The van der Waals surface area contributed by atoms with E-state index in [1.165, 1.54) is 5.56 Å². The number of carbonyl (C=O) groups is 1. The van der Waals surface area contributed by atoms with Crippen LogP contribution in [0, 0.1) is 12.8 Å². The van der Waals surface area contributed by atoms with Gasteiger partial charge in [0, 0.05) is 23.5 Å². The van der Waals surface area contributed by atoms with E-state index < -0.39 is 0 Å². The van der Waals surface area contributed by atoms with Crippen LogP contribution in [0.25, 0.3) is 0 Å². The van der Waals surface area contributed by atoms with E-state index in [1.807, 2.05) is 31.2 Å². The highest BCUT2D eigenvalue weighted by molar-refractivity contribution is 6.09. The van der Waals surface area contributed by atoms with Crippen LogP contribution in [0.1, 0.15) is 40.9 Å². The molecule has 0 amide bonds. The van der Waals surface area contributed by atoms with Gasteiger partial charge in [-0.05, 0) is 42.5 Å². The second-order valence-corrected chi connectivity index (χ2v) is 5.32. The lowest BCUT2D eigenvalue weighted by molar-refractivity contribution is 0.103. The standard InChI is InChI=1S/C17H19NO/c1-12(2)9-14-5-4-6-15(10-14)17(19)16-11-18-8-7-13(16)3/h4-8,10-12H,9H2,1-3H3. The summed E-state index contributed by atoms with van der Waals surface area (Å²) in [6.07, 6.45) is 4.35. The largest absolute Gasteiger partial charge is 0.289 e. The summed E-state index contributed by atoms with van der Waals surface area (Å²) in [6, 6.07) is 9.77. The van der Waals surface area contributed by atoms with E-state index in [1.54, 1.807) is 12.4 Å². The summed E-state index contributed by atoms with van der Waals surface area (Å²) in [6.45, 7) is 6.30. The van der Waals surface area contributed by atoms with Crippen molar-refractivity contribution in [2.45, 2.75) is 27.2 Å². The first kappa shape index (κ1) is 13.5. The molecule has 1 heterocycles. The molecule has 0 aliphatic carbocycles. The Morgan fingerprint density at radius 2 is 2.05 bits per heavy atom. The first-order valence-electron chi connectivity index (χ1n) is 6.62. The highest BCUT2D eigenvalue weighted by Gasteiger charge is 2.12. The normalized spacial score (nSPS) is 10.7. The lowest BCUT2D eigenvalue weighted by Gasteiger charge is -2.08. The molecule has 2 heteroatoms. The number of nitrogens with zero attached hydrogens (tertiary/aromatic N) is 1. The third-order valence-corrected chi connectivity index (χ3v) is 3.12. The van der Waals surface area contributed by atoms with Gasteiger partial charge in [0.25, 0.3) is 0 Å². The van der Waals surface area contributed by atoms with Gasteiger partial charge < -0.3 is 0 Å². The fourth-order valence-corrected chi connectivity index (χ4v) is 2.17. The number of aryl methyl sites for hydroxylation is 1. The minimum absolute atomic E-state index is 0.0520. The van der Waals surface area contributed by atoms with Crippen LogP contribution in [0.3, 0.4) is 0 Å². The van der Waals surface area contributed by atoms with Gasteiger partial charge in [0.15, 0.2) is 5.78 Å². The second-order valence-electron chi connectivity index (χ2n) is 5.32. The Labute approximate surface area is 114 Å². The zero-order valence-corrected chi connectivity index (χ0v) is 11.7. The Hall–Kier alpha value is -1.96. The lowest BCUT2D eigenvalue weighted by Crippen LogP contribution is -2.05. The molecule has 19 heavy (non-hydrogen) atoms. The van der Waals surface area contributed by atoms with Crippen molar-refractivity contribution in [2.24, 2.45) is 5.92 Å². The fourth-order valence-electron chi connectivity index (χ4n) is 2.17. The summed E-state index contributed by atoms with van der Waals surface area (Å²) >= 11 is 0. The van der Waals surface area contributed by atoms with Crippen LogP contribution in [0.5, 0.6) is 0 Å². The van der Waals surface area contributed by atoms with Crippen LogP contribution in [-0.4, -0.2) is 10.8 Å². The lowest BCUT2D eigenvalue weighted by atomic mass is 9.96. The molecule has 98 valence electrons. The molecule has 0 N–H and O–H groups in total. The molecule has 1 aromatic heterocycles. The van der Waals surface area contributed by atoms with Gasteiger partial charge in [-0.2, -0.15) is 0 Å². The van der Waals surface area contributed by atoms with Gasteiger partial charge in [0.2, 0.25) is 0 Å². The summed E-state index contributed by atoms with van der Waals surface area (Å²) in [5.74, 6) is 0.640. The molecular formula is C17H19NO. The van der Waals surface area contributed by atoms with Gasteiger partial charge in [-0.15, -0.1) is 0 Å². The topological polar surface area (TPSA) is 30.0 Å². The maximum Gasteiger partial charge on any atom is 0.194 e. The quantitative estimate of drug-likeness (QED) is 0.775. The number of hydrogen-bond donors (Lipinski definition) is 0. The molecule has 0 spiro atoms. The van der Waals surface area contributed by atoms with Crippen LogP contribution in [0.4, 0.5) is 0 Å².